The van der Waals surface area contributed by atoms with Crippen molar-refractivity contribution in [2.45, 2.75) is 45.8 Å². The summed E-state index contributed by atoms with van der Waals surface area (Å²) in [6.45, 7) is 8.16. The number of nitrogens with zero attached hydrogens (tertiary/aromatic N) is 1. The summed E-state index contributed by atoms with van der Waals surface area (Å²) in [5, 5.41) is 0. The number of hydrogen-bond acceptors (Lipinski definition) is 3. The number of likely N-dealkylation sites (N-methyl/N-ethyl adjacent to an activating group) is 1. The minimum absolute atomic E-state index is 0.0491. The largest absolute Gasteiger partial charge is 0.376 e. The van der Waals surface area contributed by atoms with Crippen LogP contribution in [0, 0.1) is 5.92 Å². The van der Waals surface area contributed by atoms with E-state index < -0.39 is 0 Å². The van der Waals surface area contributed by atoms with Crippen molar-refractivity contribution in [3.8, 4) is 0 Å². The van der Waals surface area contributed by atoms with E-state index in [-0.39, 0.29) is 24.0 Å². The number of carbonyl (C=O) groups excluding carboxylic acids is 1. The van der Waals surface area contributed by atoms with Gasteiger partial charge in [-0.3, -0.25) is 4.79 Å². The Morgan fingerprint density at radius 2 is 2.25 bits per heavy atom. The van der Waals surface area contributed by atoms with Gasteiger partial charge in [0, 0.05) is 19.7 Å². The molecule has 1 unspecified atom stereocenters. The van der Waals surface area contributed by atoms with Gasteiger partial charge < -0.3 is 15.4 Å². The molecule has 0 radical (unpaired) electrons. The Morgan fingerprint density at radius 1 is 1.56 bits per heavy atom. The molecule has 4 heteroatoms. The van der Waals surface area contributed by atoms with Crippen LogP contribution >= 0.6 is 0 Å². The molecule has 2 atom stereocenters. The monoisotopic (exact) mass is 228 g/mol. The lowest BCUT2D eigenvalue weighted by atomic mass is 10.0. The van der Waals surface area contributed by atoms with Crippen molar-refractivity contribution >= 4 is 5.91 Å². The van der Waals surface area contributed by atoms with Gasteiger partial charge >= 0.3 is 0 Å². The van der Waals surface area contributed by atoms with Crippen molar-refractivity contribution in [2.24, 2.45) is 11.7 Å². The number of rotatable bonds is 5. The topological polar surface area (TPSA) is 55.6 Å². The molecule has 16 heavy (non-hydrogen) atoms. The molecular weight excluding hydrogens is 204 g/mol. The number of carbonyl (C=O) groups is 1. The summed E-state index contributed by atoms with van der Waals surface area (Å²) in [5.41, 5.74) is 5.88. The third-order valence-corrected chi connectivity index (χ3v) is 3.14. The van der Waals surface area contributed by atoms with Crippen LogP contribution in [0.1, 0.15) is 33.6 Å². The maximum atomic E-state index is 12.0. The Labute approximate surface area is 98.1 Å². The van der Waals surface area contributed by atoms with E-state index in [0.717, 1.165) is 19.4 Å². The lowest BCUT2D eigenvalue weighted by molar-refractivity contribution is -0.134. The van der Waals surface area contributed by atoms with E-state index >= 15 is 0 Å². The van der Waals surface area contributed by atoms with E-state index in [4.69, 9.17) is 10.5 Å². The van der Waals surface area contributed by atoms with Crippen molar-refractivity contribution in [3.63, 3.8) is 0 Å². The van der Waals surface area contributed by atoms with E-state index in [9.17, 15) is 4.79 Å². The zero-order valence-electron chi connectivity index (χ0n) is 10.6. The third kappa shape index (κ3) is 3.46. The molecule has 0 aliphatic carbocycles. The summed E-state index contributed by atoms with van der Waals surface area (Å²) < 4.78 is 5.54. The van der Waals surface area contributed by atoms with E-state index in [1.807, 2.05) is 25.7 Å². The number of ether oxygens (including phenoxy) is 1. The minimum Gasteiger partial charge on any atom is -0.376 e. The molecule has 1 saturated heterocycles. The third-order valence-electron chi connectivity index (χ3n) is 3.14. The fraction of sp³-hybridized carbons (Fsp3) is 0.917. The molecular formula is C12H24N2O2. The Hall–Kier alpha value is -0.610. The van der Waals surface area contributed by atoms with Gasteiger partial charge in [-0.2, -0.15) is 0 Å². The van der Waals surface area contributed by atoms with Crippen LogP contribution in [0.15, 0.2) is 0 Å². The second-order valence-corrected chi connectivity index (χ2v) is 4.78. The molecule has 2 N–H and O–H groups in total. The van der Waals surface area contributed by atoms with Crippen molar-refractivity contribution < 1.29 is 9.53 Å². The van der Waals surface area contributed by atoms with Crippen LogP contribution < -0.4 is 5.73 Å². The predicted molar refractivity (Wildman–Crippen MR) is 64.0 cm³/mol. The van der Waals surface area contributed by atoms with E-state index in [2.05, 4.69) is 0 Å². The Kier molecular flexibility index (Phi) is 5.22. The number of amides is 1. The summed E-state index contributed by atoms with van der Waals surface area (Å²) >= 11 is 0. The zero-order chi connectivity index (χ0) is 12.1. The molecule has 1 amide bonds. The Balaban J connectivity index is 2.48. The van der Waals surface area contributed by atoms with Gasteiger partial charge in [0.05, 0.1) is 12.1 Å². The molecule has 0 saturated carbocycles. The standard InChI is InChI=1S/C12H24N2O2/c1-4-14(8-10-6-5-7-16-10)12(15)11(13)9(2)3/h9-11H,4-8,13H2,1-3H3/t10?,11-/m0/s1. The van der Waals surface area contributed by atoms with Gasteiger partial charge in [0.1, 0.15) is 0 Å². The first kappa shape index (κ1) is 13.5. The van der Waals surface area contributed by atoms with Gasteiger partial charge in [-0.1, -0.05) is 13.8 Å². The molecule has 1 aliphatic rings. The maximum Gasteiger partial charge on any atom is 0.239 e. The summed E-state index contributed by atoms with van der Waals surface area (Å²) in [5.74, 6) is 0.235. The zero-order valence-corrected chi connectivity index (χ0v) is 10.6. The average molecular weight is 228 g/mol. The number of nitrogens with two attached hydrogens (primary N) is 1. The quantitative estimate of drug-likeness (QED) is 0.763. The molecule has 1 heterocycles. The number of hydrogen-bond donors (Lipinski definition) is 1. The fourth-order valence-electron chi connectivity index (χ4n) is 1.91. The highest BCUT2D eigenvalue weighted by atomic mass is 16.5. The van der Waals surface area contributed by atoms with Crippen LogP contribution in [-0.4, -0.2) is 42.6 Å². The van der Waals surface area contributed by atoms with Crippen LogP contribution in [0.3, 0.4) is 0 Å². The summed E-state index contributed by atoms with van der Waals surface area (Å²) in [7, 11) is 0. The van der Waals surface area contributed by atoms with Crippen LogP contribution in [0.25, 0.3) is 0 Å². The first-order chi connectivity index (χ1) is 7.56. The van der Waals surface area contributed by atoms with Crippen molar-refractivity contribution in [1.82, 2.24) is 4.90 Å². The van der Waals surface area contributed by atoms with Crippen LogP contribution in [-0.2, 0) is 9.53 Å². The minimum atomic E-state index is -0.388. The smallest absolute Gasteiger partial charge is 0.239 e. The first-order valence-corrected chi connectivity index (χ1v) is 6.22. The molecule has 0 spiro atoms. The van der Waals surface area contributed by atoms with E-state index in [1.165, 1.54) is 0 Å². The second-order valence-electron chi connectivity index (χ2n) is 4.78. The van der Waals surface area contributed by atoms with Crippen molar-refractivity contribution in [2.75, 3.05) is 19.7 Å². The highest BCUT2D eigenvalue weighted by Crippen LogP contribution is 2.14. The molecule has 4 nitrogen and oxygen atoms in total. The van der Waals surface area contributed by atoms with Gasteiger partial charge in [0.15, 0.2) is 0 Å². The van der Waals surface area contributed by atoms with Gasteiger partial charge in [-0.15, -0.1) is 0 Å². The highest BCUT2D eigenvalue weighted by molar-refractivity contribution is 5.81. The average Bonchev–Trinajstić information content (AvgIpc) is 2.76. The van der Waals surface area contributed by atoms with Gasteiger partial charge in [-0.05, 0) is 25.7 Å². The predicted octanol–water partition coefficient (Wildman–Crippen LogP) is 0.997. The van der Waals surface area contributed by atoms with Crippen molar-refractivity contribution in [1.29, 1.82) is 0 Å². The summed E-state index contributed by atoms with van der Waals surface area (Å²) in [6, 6.07) is -0.388. The summed E-state index contributed by atoms with van der Waals surface area (Å²) in [6.07, 6.45) is 2.37. The molecule has 0 aromatic heterocycles. The van der Waals surface area contributed by atoms with Crippen molar-refractivity contribution in [3.05, 3.63) is 0 Å². The highest BCUT2D eigenvalue weighted by Gasteiger charge is 2.26. The molecule has 1 rings (SSSR count). The normalized spacial score (nSPS) is 22.4. The molecule has 0 aromatic rings. The molecule has 0 bridgehead atoms. The van der Waals surface area contributed by atoms with Crippen LogP contribution in [0.5, 0.6) is 0 Å². The lowest BCUT2D eigenvalue weighted by Gasteiger charge is -2.28. The fourth-order valence-corrected chi connectivity index (χ4v) is 1.91. The van der Waals surface area contributed by atoms with Crippen LogP contribution in [0.2, 0.25) is 0 Å². The van der Waals surface area contributed by atoms with E-state index in [1.54, 1.807) is 0 Å². The van der Waals surface area contributed by atoms with Gasteiger partial charge in [-0.25, -0.2) is 0 Å². The second kappa shape index (κ2) is 6.21. The van der Waals surface area contributed by atoms with Gasteiger partial charge in [0.25, 0.3) is 0 Å². The molecule has 94 valence electrons. The van der Waals surface area contributed by atoms with Gasteiger partial charge in [0.2, 0.25) is 5.91 Å². The summed E-state index contributed by atoms with van der Waals surface area (Å²) in [4.78, 5) is 13.9. The molecule has 1 aliphatic heterocycles. The Morgan fingerprint density at radius 3 is 2.69 bits per heavy atom. The first-order valence-electron chi connectivity index (χ1n) is 6.22. The molecule has 1 fully saturated rings. The van der Waals surface area contributed by atoms with E-state index in [0.29, 0.717) is 13.1 Å². The maximum absolute atomic E-state index is 12.0. The Bertz CT molecular complexity index is 225. The SMILES string of the molecule is CCN(CC1CCCO1)C(=O)[C@@H](N)C(C)C. The molecule has 0 aromatic carbocycles. The van der Waals surface area contributed by atoms with Crippen LogP contribution in [0.4, 0.5) is 0 Å². The lowest BCUT2D eigenvalue weighted by Crippen LogP contribution is -2.48.